The van der Waals surface area contributed by atoms with Crippen LogP contribution in [0.15, 0.2) is 72.3 Å². The van der Waals surface area contributed by atoms with Crippen LogP contribution in [0.25, 0.3) is 0 Å². The number of aliphatic hydroxyl groups is 6. The second-order valence-electron chi connectivity index (χ2n) is 24.9. The molecular weight excluding hydrogens is 1080 g/mol. The molecule has 21 heteroatoms. The van der Waals surface area contributed by atoms with Gasteiger partial charge in [-0.1, -0.05) is 61.9 Å². The van der Waals surface area contributed by atoms with Crippen LogP contribution in [0.4, 0.5) is 0 Å². The third-order valence-corrected chi connectivity index (χ3v) is 20.5. The van der Waals surface area contributed by atoms with E-state index < -0.39 is 152 Å². The van der Waals surface area contributed by atoms with Gasteiger partial charge in [-0.05, 0) is 114 Å². The number of ether oxygens (including phenoxy) is 13. The lowest BCUT2D eigenvalue weighted by molar-refractivity contribution is -0.373. The first kappa shape index (κ1) is 62.5. The van der Waals surface area contributed by atoms with Crippen molar-refractivity contribution in [2.45, 2.75) is 234 Å². The number of hydrogen-bond acceptors (Lipinski definition) is 21. The van der Waals surface area contributed by atoms with E-state index in [0.29, 0.717) is 49.7 Å². The highest BCUT2D eigenvalue weighted by molar-refractivity contribution is 5.90. The quantitative estimate of drug-likeness (QED) is 0.0938. The highest BCUT2D eigenvalue weighted by atomic mass is 16.8. The molecule has 6 N–H and O–H groups in total. The fourth-order valence-corrected chi connectivity index (χ4v) is 15.8. The summed E-state index contributed by atoms with van der Waals surface area (Å²) in [5.41, 5.74) is -0.301. The average Bonchev–Trinajstić information content (AvgIpc) is 2.38. The monoisotopic (exact) mass is 1170 g/mol. The summed E-state index contributed by atoms with van der Waals surface area (Å²) < 4.78 is 81.2. The molecule has 0 aromatic heterocycles. The Hall–Kier alpha value is -3.56. The molecule has 21 nitrogen and oxygen atoms in total. The van der Waals surface area contributed by atoms with E-state index in [0.717, 1.165) is 12.8 Å². The van der Waals surface area contributed by atoms with Gasteiger partial charge in [-0.15, -0.1) is 0 Å². The largest absolute Gasteiger partial charge is 0.459 e. The molecule has 2 aromatic rings. The predicted octanol–water partition coefficient (Wildman–Crippen LogP) is 4.52. The summed E-state index contributed by atoms with van der Waals surface area (Å²) in [5.74, 6) is -1.29. The molecule has 3 saturated carbocycles. The second-order valence-corrected chi connectivity index (χ2v) is 24.9. The first-order valence-corrected chi connectivity index (χ1v) is 29.8. The van der Waals surface area contributed by atoms with E-state index >= 15 is 0 Å². The summed E-state index contributed by atoms with van der Waals surface area (Å²) in [4.78, 5) is 27.5. The SMILES string of the molecule is CO[C@H]1[C@@H](O)[C@H](O[C@H]2[C@@H](OC)C[C@H](O[C@H]3[C@@H](OC)C[C@H](O[C@H]4CC[C@@]5(C)C(=CC[C@@H]6[C@@H]5C[C@@H](OC(=O)c5ccccc5)[C@]5(C)[C@@H]([C@H](C)OC(=O)c7ccccc7)CC[C@]65O)C4)O[C@@H]3C)O[C@@H]2C)O[C@H](C)[C@H]1O[C@@H]1O[C@H](CO)[C@@H](O)[C@H](O)[C@H]1O. The van der Waals surface area contributed by atoms with Crippen LogP contribution in [0.2, 0.25) is 0 Å². The maximum absolute atomic E-state index is 14.1. The minimum absolute atomic E-state index is 0.00960. The Bertz CT molecular complexity index is 2520. The highest BCUT2D eigenvalue weighted by Crippen LogP contribution is 2.69. The minimum atomic E-state index is -1.67. The average molecular weight is 1170 g/mol. The molecular formula is C62H88O21. The standard InChI is InChI=1S/C62H88O21/c1-31(76-56(68)35-16-12-10-13-17-35)39-23-25-62(70)40-21-20-37-26-38(22-24-60(37,5)41(40)27-45(61(39,62)6)80-57(69)36-18-14-11-15-19-36)78-46-28-42(71-7)52(32(2)74-46)81-47-29-43(72-8)53(33(3)75-47)82-59-51(67)55(73-9)54(34(4)77-59)83-58-50(66)49(65)48(64)44(30-63)79-58/h10-20,31-34,38-55,58-59,63-67,70H,21-30H2,1-9H3/t31-,32+,33+,34+,38-,39+,40+,41-,42-,43-,44+,45+,46-,47-,48+,49-,50+,51+,52+,53+,54+,55-,58-,59-,60-,61-,62-/m0/s1. The molecule has 27 atom stereocenters. The Kier molecular flexibility index (Phi) is 19.3. The first-order valence-electron chi connectivity index (χ1n) is 29.8. The Morgan fingerprint density at radius 2 is 1.22 bits per heavy atom. The van der Waals surface area contributed by atoms with Crippen molar-refractivity contribution in [3.05, 3.63) is 83.4 Å². The molecule has 4 heterocycles. The zero-order valence-corrected chi connectivity index (χ0v) is 49.1. The molecule has 0 radical (unpaired) electrons. The number of allylic oxidation sites excluding steroid dienone is 1. The van der Waals surface area contributed by atoms with E-state index in [9.17, 15) is 40.2 Å². The second kappa shape index (κ2) is 25.6. The lowest BCUT2D eigenvalue weighted by Crippen LogP contribution is -2.67. The van der Waals surface area contributed by atoms with Crippen LogP contribution in [0.1, 0.15) is 120 Å². The first-order chi connectivity index (χ1) is 39.7. The minimum Gasteiger partial charge on any atom is -0.459 e. The van der Waals surface area contributed by atoms with Crippen molar-refractivity contribution in [2.24, 2.45) is 28.6 Å². The highest BCUT2D eigenvalue weighted by Gasteiger charge is 2.72. The molecule has 2 aromatic carbocycles. The molecule has 0 amide bonds. The van der Waals surface area contributed by atoms with Crippen LogP contribution in [-0.2, 0) is 61.6 Å². The zero-order chi connectivity index (χ0) is 59.3. The van der Waals surface area contributed by atoms with Crippen LogP contribution < -0.4 is 0 Å². The van der Waals surface area contributed by atoms with Gasteiger partial charge in [-0.2, -0.15) is 0 Å². The summed E-state index contributed by atoms with van der Waals surface area (Å²) in [6.45, 7) is 11.0. The van der Waals surface area contributed by atoms with Gasteiger partial charge < -0.3 is 92.2 Å². The van der Waals surface area contributed by atoms with E-state index in [2.05, 4.69) is 19.9 Å². The lowest BCUT2D eigenvalue weighted by atomic mass is 9.44. The Morgan fingerprint density at radius 1 is 0.639 bits per heavy atom. The maximum Gasteiger partial charge on any atom is 0.338 e. The molecule has 10 rings (SSSR count). The van der Waals surface area contributed by atoms with Gasteiger partial charge in [0.25, 0.3) is 0 Å². The fourth-order valence-electron chi connectivity index (χ4n) is 15.8. The molecule has 7 fully saturated rings. The van der Waals surface area contributed by atoms with Gasteiger partial charge in [0, 0.05) is 45.5 Å². The summed E-state index contributed by atoms with van der Waals surface area (Å²) in [7, 11) is 4.56. The van der Waals surface area contributed by atoms with Crippen molar-refractivity contribution < 1.29 is 102 Å². The zero-order valence-electron chi connectivity index (χ0n) is 49.1. The normalized spacial score (nSPS) is 45.7. The van der Waals surface area contributed by atoms with E-state index in [1.54, 1.807) is 57.5 Å². The van der Waals surface area contributed by atoms with Crippen molar-refractivity contribution >= 4 is 11.9 Å². The number of carbonyl (C=O) groups excluding carboxylic acids is 2. The van der Waals surface area contributed by atoms with Crippen molar-refractivity contribution in [3.63, 3.8) is 0 Å². The van der Waals surface area contributed by atoms with Crippen molar-refractivity contribution in [3.8, 4) is 0 Å². The number of aliphatic hydroxyl groups excluding tert-OH is 5. The fraction of sp³-hybridized carbons (Fsp3) is 0.742. The molecule has 0 unspecified atom stereocenters. The Morgan fingerprint density at radius 3 is 1.83 bits per heavy atom. The number of carbonyl (C=O) groups is 2. The number of esters is 2. The third kappa shape index (κ3) is 11.9. The maximum atomic E-state index is 14.1. The summed E-state index contributed by atoms with van der Waals surface area (Å²) in [6.07, 6.45) is -11.9. The lowest BCUT2D eigenvalue weighted by Gasteiger charge is -2.63. The number of benzene rings is 2. The van der Waals surface area contributed by atoms with Crippen LogP contribution in [0.3, 0.4) is 0 Å². The van der Waals surface area contributed by atoms with Crippen molar-refractivity contribution in [2.75, 3.05) is 27.9 Å². The summed E-state index contributed by atoms with van der Waals surface area (Å²) in [6, 6.07) is 17.9. The van der Waals surface area contributed by atoms with Crippen LogP contribution in [0.5, 0.6) is 0 Å². The number of hydrogen-bond donors (Lipinski definition) is 6. The number of fused-ring (bicyclic) bond motifs is 5. The van der Waals surface area contributed by atoms with Crippen molar-refractivity contribution in [1.82, 2.24) is 0 Å². The molecule has 0 bridgehead atoms. The van der Waals surface area contributed by atoms with Gasteiger partial charge >= 0.3 is 11.9 Å². The molecule has 4 saturated heterocycles. The Labute approximate surface area is 486 Å². The molecule has 462 valence electrons. The topological polar surface area (TPSA) is 276 Å². The van der Waals surface area contributed by atoms with E-state index in [4.69, 9.17) is 61.6 Å². The van der Waals surface area contributed by atoms with E-state index in [1.165, 1.54) is 12.7 Å². The summed E-state index contributed by atoms with van der Waals surface area (Å²) in [5, 5.41) is 65.9. The number of rotatable bonds is 17. The third-order valence-electron chi connectivity index (χ3n) is 20.5. The van der Waals surface area contributed by atoms with E-state index in [-0.39, 0.29) is 35.7 Å². The van der Waals surface area contributed by atoms with Gasteiger partial charge in [-0.3, -0.25) is 0 Å². The van der Waals surface area contributed by atoms with Crippen LogP contribution in [-0.4, -0.2) is 205 Å². The van der Waals surface area contributed by atoms with E-state index in [1.807, 2.05) is 45.0 Å². The van der Waals surface area contributed by atoms with Gasteiger partial charge in [0.05, 0.1) is 60.0 Å². The molecule has 4 aliphatic heterocycles. The molecule has 4 aliphatic carbocycles. The predicted molar refractivity (Wildman–Crippen MR) is 293 cm³/mol. The van der Waals surface area contributed by atoms with Gasteiger partial charge in [0.15, 0.2) is 25.2 Å². The smallest absolute Gasteiger partial charge is 0.338 e. The Balaban J connectivity index is 0.760. The molecule has 83 heavy (non-hydrogen) atoms. The van der Waals surface area contributed by atoms with Gasteiger partial charge in [0.1, 0.15) is 67.1 Å². The van der Waals surface area contributed by atoms with Crippen molar-refractivity contribution in [1.29, 1.82) is 0 Å². The molecule has 0 spiro atoms. The molecule has 8 aliphatic rings. The van der Waals surface area contributed by atoms with Crippen LogP contribution in [0, 0.1) is 28.6 Å². The van der Waals surface area contributed by atoms with Gasteiger partial charge in [-0.25, -0.2) is 9.59 Å². The summed E-state index contributed by atoms with van der Waals surface area (Å²) >= 11 is 0. The van der Waals surface area contributed by atoms with Gasteiger partial charge in [0.2, 0.25) is 0 Å². The number of methoxy groups -OCH3 is 3. The van der Waals surface area contributed by atoms with Crippen LogP contribution >= 0.6 is 0 Å².